The number of rotatable bonds is 1. The molecule has 0 saturated carbocycles. The maximum Gasteiger partial charge on any atom is 0.272 e. The number of aromatic nitrogens is 1. The molecule has 0 amide bonds. The lowest BCUT2D eigenvalue weighted by molar-refractivity contribution is 0.0169. The van der Waals surface area contributed by atoms with E-state index in [1.54, 1.807) is 0 Å². The number of pyridine rings is 1. The van der Waals surface area contributed by atoms with Gasteiger partial charge in [0.1, 0.15) is 5.75 Å². The lowest BCUT2D eigenvalue weighted by atomic mass is 10.2. The lowest BCUT2D eigenvalue weighted by Crippen LogP contribution is -2.06. The SMILES string of the molecule is CC(F)(F)c1cncc(O)c1. The predicted molar refractivity (Wildman–Crippen MR) is 35.5 cm³/mol. The summed E-state index contributed by atoms with van der Waals surface area (Å²) in [7, 11) is 0. The Morgan fingerprint density at radius 1 is 1.45 bits per heavy atom. The summed E-state index contributed by atoms with van der Waals surface area (Å²) in [6, 6.07) is 0.993. The molecule has 1 N–H and O–H groups in total. The van der Waals surface area contributed by atoms with Crippen LogP contribution < -0.4 is 0 Å². The molecule has 2 nitrogen and oxygen atoms in total. The smallest absolute Gasteiger partial charge is 0.272 e. The minimum absolute atomic E-state index is 0.246. The number of aromatic hydroxyl groups is 1. The first-order valence-electron chi connectivity index (χ1n) is 3.02. The van der Waals surface area contributed by atoms with Crippen molar-refractivity contribution in [2.75, 3.05) is 0 Å². The van der Waals surface area contributed by atoms with Gasteiger partial charge >= 0.3 is 0 Å². The summed E-state index contributed by atoms with van der Waals surface area (Å²) in [5, 5.41) is 8.78. The van der Waals surface area contributed by atoms with Crippen LogP contribution in [0.25, 0.3) is 0 Å². The zero-order chi connectivity index (χ0) is 8.48. The molecule has 0 aromatic carbocycles. The Hall–Kier alpha value is -1.19. The van der Waals surface area contributed by atoms with Crippen LogP contribution in [0.4, 0.5) is 8.78 Å². The quantitative estimate of drug-likeness (QED) is 0.678. The standard InChI is InChI=1S/C7H7F2NO/c1-7(8,9)5-2-6(11)4-10-3-5/h2-4,11H,1H3. The van der Waals surface area contributed by atoms with Gasteiger partial charge in [-0.25, -0.2) is 8.78 Å². The zero-order valence-corrected chi connectivity index (χ0v) is 5.88. The Morgan fingerprint density at radius 2 is 2.09 bits per heavy atom. The van der Waals surface area contributed by atoms with Crippen molar-refractivity contribution in [2.45, 2.75) is 12.8 Å². The number of hydrogen-bond donors (Lipinski definition) is 1. The number of hydrogen-bond acceptors (Lipinski definition) is 2. The molecule has 0 radical (unpaired) electrons. The first kappa shape index (κ1) is 7.91. The van der Waals surface area contributed by atoms with E-state index in [-0.39, 0.29) is 11.3 Å². The molecule has 1 aromatic rings. The second-order valence-electron chi connectivity index (χ2n) is 2.32. The fraction of sp³-hybridized carbons (Fsp3) is 0.286. The topological polar surface area (TPSA) is 33.1 Å². The maximum atomic E-state index is 12.5. The van der Waals surface area contributed by atoms with Crippen LogP contribution in [-0.4, -0.2) is 10.1 Å². The summed E-state index contributed by atoms with van der Waals surface area (Å²) < 4.78 is 25.0. The van der Waals surface area contributed by atoms with E-state index in [1.165, 1.54) is 0 Å². The van der Waals surface area contributed by atoms with E-state index in [0.29, 0.717) is 0 Å². The van der Waals surface area contributed by atoms with E-state index in [2.05, 4.69) is 4.98 Å². The molecule has 0 fully saturated rings. The van der Waals surface area contributed by atoms with E-state index in [4.69, 9.17) is 5.11 Å². The van der Waals surface area contributed by atoms with Gasteiger partial charge < -0.3 is 5.11 Å². The van der Waals surface area contributed by atoms with Crippen LogP contribution >= 0.6 is 0 Å². The molecule has 0 atom stereocenters. The van der Waals surface area contributed by atoms with E-state index in [1.807, 2.05) is 0 Å². The Kier molecular flexibility index (Phi) is 1.76. The first-order chi connectivity index (χ1) is 5.00. The monoisotopic (exact) mass is 159 g/mol. The van der Waals surface area contributed by atoms with Crippen molar-refractivity contribution in [1.29, 1.82) is 0 Å². The van der Waals surface area contributed by atoms with Gasteiger partial charge in [0.05, 0.1) is 6.20 Å². The largest absolute Gasteiger partial charge is 0.506 e. The number of halogens is 2. The predicted octanol–water partition coefficient (Wildman–Crippen LogP) is 1.90. The van der Waals surface area contributed by atoms with Crippen LogP contribution in [-0.2, 0) is 5.92 Å². The minimum Gasteiger partial charge on any atom is -0.506 e. The summed E-state index contributed by atoms with van der Waals surface area (Å²) >= 11 is 0. The van der Waals surface area contributed by atoms with Crippen LogP contribution in [0.2, 0.25) is 0 Å². The van der Waals surface area contributed by atoms with Crippen molar-refractivity contribution in [2.24, 2.45) is 0 Å². The summed E-state index contributed by atoms with van der Waals surface area (Å²) in [5.41, 5.74) is -0.280. The summed E-state index contributed by atoms with van der Waals surface area (Å²) in [4.78, 5) is 3.42. The summed E-state index contributed by atoms with van der Waals surface area (Å²) in [5.74, 6) is -3.19. The molecule has 1 heterocycles. The first-order valence-corrected chi connectivity index (χ1v) is 3.02. The average Bonchev–Trinajstić information content (AvgIpc) is 1.86. The van der Waals surface area contributed by atoms with Gasteiger partial charge in [0.25, 0.3) is 5.92 Å². The van der Waals surface area contributed by atoms with Crippen LogP contribution in [0, 0.1) is 0 Å². The number of nitrogens with zero attached hydrogens (tertiary/aromatic N) is 1. The zero-order valence-electron chi connectivity index (χ0n) is 5.88. The lowest BCUT2D eigenvalue weighted by Gasteiger charge is -2.08. The molecule has 0 saturated heterocycles. The highest BCUT2D eigenvalue weighted by molar-refractivity contribution is 5.24. The maximum absolute atomic E-state index is 12.5. The summed E-state index contributed by atoms with van der Waals surface area (Å²) in [6.07, 6.45) is 2.13. The molecule has 0 aliphatic carbocycles. The minimum atomic E-state index is -2.94. The van der Waals surface area contributed by atoms with Crippen molar-refractivity contribution in [3.63, 3.8) is 0 Å². The van der Waals surface area contributed by atoms with Gasteiger partial charge in [-0.1, -0.05) is 0 Å². The van der Waals surface area contributed by atoms with Gasteiger partial charge in [-0.15, -0.1) is 0 Å². The van der Waals surface area contributed by atoms with Gasteiger partial charge in [-0.2, -0.15) is 0 Å². The molecule has 0 unspecified atom stereocenters. The fourth-order valence-corrected chi connectivity index (χ4v) is 0.668. The van der Waals surface area contributed by atoms with E-state index in [9.17, 15) is 8.78 Å². The van der Waals surface area contributed by atoms with Crippen LogP contribution in [0.15, 0.2) is 18.5 Å². The molecular formula is C7H7F2NO. The average molecular weight is 159 g/mol. The number of alkyl halides is 2. The van der Waals surface area contributed by atoms with Crippen molar-refractivity contribution in [1.82, 2.24) is 4.98 Å². The van der Waals surface area contributed by atoms with Gasteiger partial charge in [-0.05, 0) is 6.07 Å². The third-order valence-corrected chi connectivity index (χ3v) is 1.23. The molecule has 4 heteroatoms. The molecule has 1 aromatic heterocycles. The second kappa shape index (κ2) is 2.45. The normalized spacial score (nSPS) is 11.5. The molecule has 1 rings (SSSR count). The van der Waals surface area contributed by atoms with Crippen molar-refractivity contribution >= 4 is 0 Å². The molecule has 0 spiro atoms. The molecule has 0 aliphatic rings. The van der Waals surface area contributed by atoms with Gasteiger partial charge in [-0.3, -0.25) is 4.98 Å². The third kappa shape index (κ3) is 1.86. The van der Waals surface area contributed by atoms with Gasteiger partial charge in [0.2, 0.25) is 0 Å². The van der Waals surface area contributed by atoms with Gasteiger partial charge in [0.15, 0.2) is 0 Å². The van der Waals surface area contributed by atoms with Crippen LogP contribution in [0.5, 0.6) is 5.75 Å². The van der Waals surface area contributed by atoms with Gasteiger partial charge in [0, 0.05) is 18.7 Å². The highest BCUT2D eigenvalue weighted by atomic mass is 19.3. The Balaban J connectivity index is 3.06. The van der Waals surface area contributed by atoms with Crippen molar-refractivity contribution in [3.05, 3.63) is 24.0 Å². The van der Waals surface area contributed by atoms with E-state index >= 15 is 0 Å². The molecule has 60 valence electrons. The van der Waals surface area contributed by atoms with Crippen molar-refractivity contribution < 1.29 is 13.9 Å². The van der Waals surface area contributed by atoms with Crippen LogP contribution in [0.1, 0.15) is 12.5 Å². The Morgan fingerprint density at radius 3 is 2.45 bits per heavy atom. The van der Waals surface area contributed by atoms with Crippen molar-refractivity contribution in [3.8, 4) is 5.75 Å². The highest BCUT2D eigenvalue weighted by Crippen LogP contribution is 2.27. The Bertz CT molecular complexity index is 257. The fourth-order valence-electron chi connectivity index (χ4n) is 0.668. The molecule has 0 aliphatic heterocycles. The Labute approximate surface area is 62.5 Å². The highest BCUT2D eigenvalue weighted by Gasteiger charge is 2.24. The molecular weight excluding hydrogens is 152 g/mol. The third-order valence-electron chi connectivity index (χ3n) is 1.23. The van der Waals surface area contributed by atoms with Crippen LogP contribution in [0.3, 0.4) is 0 Å². The van der Waals surface area contributed by atoms with E-state index in [0.717, 1.165) is 25.4 Å². The summed E-state index contributed by atoms with van der Waals surface area (Å²) in [6.45, 7) is 0.753. The molecule has 11 heavy (non-hydrogen) atoms. The second-order valence-corrected chi connectivity index (χ2v) is 2.32. The van der Waals surface area contributed by atoms with E-state index < -0.39 is 5.92 Å². The molecule has 0 bridgehead atoms.